The molecule has 0 aliphatic carbocycles. The minimum absolute atomic E-state index is 0. The number of aryl methyl sites for hydroxylation is 1. The fourth-order valence-electron chi connectivity index (χ4n) is 3.00. The molecular weight excluding hydrogens is 309 g/mol. The Morgan fingerprint density at radius 3 is 2.92 bits per heavy atom. The summed E-state index contributed by atoms with van der Waals surface area (Å²) >= 11 is 0. The van der Waals surface area contributed by atoms with Crippen molar-refractivity contribution < 1.29 is 10.6 Å². The lowest BCUT2D eigenvalue weighted by molar-refractivity contribution is 0.0836. The van der Waals surface area contributed by atoms with Gasteiger partial charge < -0.3 is 10.1 Å². The van der Waals surface area contributed by atoms with Gasteiger partial charge in [0.2, 0.25) is 0 Å². The largest absolute Gasteiger partial charge is 0.381 e. The van der Waals surface area contributed by atoms with Crippen LogP contribution in [0.5, 0.6) is 0 Å². The van der Waals surface area contributed by atoms with Gasteiger partial charge in [-0.05, 0) is 38.0 Å². The van der Waals surface area contributed by atoms with Crippen LogP contribution in [0.15, 0.2) is 24.3 Å². The first kappa shape index (κ1) is 15.0. The Bertz CT molecular complexity index is 879. The van der Waals surface area contributed by atoms with Gasteiger partial charge in [0.15, 0.2) is 5.82 Å². The van der Waals surface area contributed by atoms with Crippen LogP contribution in [0.25, 0.3) is 10.9 Å². The van der Waals surface area contributed by atoms with Crippen molar-refractivity contribution in [2.75, 3.05) is 18.5 Å². The van der Waals surface area contributed by atoms with Crippen molar-refractivity contribution in [3.05, 3.63) is 41.6 Å². The second-order valence-electron chi connectivity index (χ2n) is 6.03. The Kier molecular flexibility index (Phi) is 3.86. The average molecular weight is 329 g/mol. The molecule has 1 aliphatic rings. The van der Waals surface area contributed by atoms with Gasteiger partial charge in [-0.25, -0.2) is 14.4 Å². The van der Waals surface area contributed by atoms with Crippen molar-refractivity contribution in [1.82, 2.24) is 20.2 Å². The predicted octanol–water partition coefficient (Wildman–Crippen LogP) is 3.68. The molecule has 3 heterocycles. The summed E-state index contributed by atoms with van der Waals surface area (Å²) < 4.78 is 18.9. The highest BCUT2D eigenvalue weighted by atomic mass is 19.1. The van der Waals surface area contributed by atoms with Crippen LogP contribution in [0.3, 0.4) is 0 Å². The first-order valence-electron chi connectivity index (χ1n) is 8.03. The molecule has 0 bridgehead atoms. The maximum absolute atomic E-state index is 13.5. The molecule has 1 saturated heterocycles. The van der Waals surface area contributed by atoms with Crippen LogP contribution in [0.2, 0.25) is 0 Å². The molecule has 6 nitrogen and oxygen atoms in total. The van der Waals surface area contributed by atoms with Crippen molar-refractivity contribution in [3.8, 4) is 0 Å². The van der Waals surface area contributed by atoms with Gasteiger partial charge in [0.1, 0.15) is 17.5 Å². The number of hydrogen-bond acceptors (Lipinski definition) is 5. The van der Waals surface area contributed by atoms with Crippen molar-refractivity contribution in [1.29, 1.82) is 0 Å². The lowest BCUT2D eigenvalue weighted by Crippen LogP contribution is -2.17. The zero-order valence-corrected chi connectivity index (χ0v) is 13.3. The summed E-state index contributed by atoms with van der Waals surface area (Å²) in [6.07, 6.45) is 1.86. The van der Waals surface area contributed by atoms with Gasteiger partial charge in [0.25, 0.3) is 0 Å². The summed E-state index contributed by atoms with van der Waals surface area (Å²) in [5.74, 6) is 2.07. The second-order valence-corrected chi connectivity index (χ2v) is 6.03. The van der Waals surface area contributed by atoms with Gasteiger partial charge in [-0.2, -0.15) is 5.10 Å². The van der Waals surface area contributed by atoms with E-state index in [0.717, 1.165) is 43.1 Å². The second kappa shape index (κ2) is 6.16. The van der Waals surface area contributed by atoms with E-state index in [9.17, 15) is 4.39 Å². The predicted molar refractivity (Wildman–Crippen MR) is 91.0 cm³/mol. The van der Waals surface area contributed by atoms with E-state index in [1.807, 2.05) is 13.0 Å². The Balaban J connectivity index is 0.00000182. The number of H-pyrrole nitrogens is 1. The molecule has 2 aromatic heterocycles. The van der Waals surface area contributed by atoms with E-state index in [1.54, 1.807) is 6.07 Å². The van der Waals surface area contributed by atoms with Crippen LogP contribution in [0.4, 0.5) is 16.0 Å². The molecule has 0 saturated carbocycles. The number of aromatic amines is 1. The zero-order chi connectivity index (χ0) is 16.5. The molecule has 1 aromatic carbocycles. The summed E-state index contributed by atoms with van der Waals surface area (Å²) in [6, 6.07) is 6.39. The maximum atomic E-state index is 13.5. The number of anilines is 2. The van der Waals surface area contributed by atoms with E-state index < -0.39 is 0 Å². The van der Waals surface area contributed by atoms with Crippen LogP contribution >= 0.6 is 0 Å². The van der Waals surface area contributed by atoms with Gasteiger partial charge in [0, 0.05) is 37.7 Å². The zero-order valence-electron chi connectivity index (χ0n) is 13.3. The van der Waals surface area contributed by atoms with Gasteiger partial charge >= 0.3 is 0 Å². The van der Waals surface area contributed by atoms with Gasteiger partial charge in [0.05, 0.1) is 5.52 Å². The highest BCUT2D eigenvalue weighted by Gasteiger charge is 2.19. The van der Waals surface area contributed by atoms with E-state index in [0.29, 0.717) is 22.9 Å². The molecule has 0 unspecified atom stereocenters. The molecule has 0 radical (unpaired) electrons. The number of halogens is 1. The Labute approximate surface area is 140 Å². The van der Waals surface area contributed by atoms with Crippen molar-refractivity contribution in [2.45, 2.75) is 25.7 Å². The number of nitrogens with zero attached hydrogens (tertiary/aromatic N) is 3. The summed E-state index contributed by atoms with van der Waals surface area (Å²) in [6.45, 7) is 3.43. The monoisotopic (exact) mass is 329 g/mol. The minimum atomic E-state index is -0.297. The summed E-state index contributed by atoms with van der Waals surface area (Å²) in [5, 5.41) is 11.0. The number of nitrogens with one attached hydrogen (secondary N) is 2. The smallest absolute Gasteiger partial charge is 0.161 e. The fraction of sp³-hybridized carbons (Fsp3) is 0.353. The van der Waals surface area contributed by atoms with E-state index >= 15 is 0 Å². The molecule has 3 aromatic rings. The number of hydrogen-bond donors (Lipinski definition) is 2. The quantitative estimate of drug-likeness (QED) is 0.766. The third-order valence-electron chi connectivity index (χ3n) is 4.23. The standard InChI is InChI=1S/C17H18FN5O.H2/c1-10-8-15(20-16(19-10)11-4-6-24-7-5-11)21-17-13-9-12(18)2-3-14(13)22-23-17;/h2-3,8-9,11H,4-7H2,1H3,(H2,19,20,21,22,23);1H. The summed E-state index contributed by atoms with van der Waals surface area (Å²) in [4.78, 5) is 9.20. The third-order valence-corrected chi connectivity index (χ3v) is 4.23. The van der Waals surface area contributed by atoms with Crippen molar-refractivity contribution in [2.24, 2.45) is 0 Å². The molecule has 24 heavy (non-hydrogen) atoms. The Hall–Kier alpha value is -2.54. The van der Waals surface area contributed by atoms with Crippen LogP contribution in [0.1, 0.15) is 31.7 Å². The van der Waals surface area contributed by atoms with E-state index in [4.69, 9.17) is 4.74 Å². The first-order valence-corrected chi connectivity index (χ1v) is 8.03. The molecule has 1 aliphatic heterocycles. The first-order chi connectivity index (χ1) is 11.7. The number of ether oxygens (including phenoxy) is 1. The molecule has 1 fully saturated rings. The maximum Gasteiger partial charge on any atom is 0.161 e. The highest BCUT2D eigenvalue weighted by Crippen LogP contribution is 2.27. The molecule has 126 valence electrons. The number of rotatable bonds is 3. The molecular formula is C17H20FN5O. The van der Waals surface area contributed by atoms with Gasteiger partial charge in [-0.15, -0.1) is 0 Å². The van der Waals surface area contributed by atoms with E-state index in [1.165, 1.54) is 12.1 Å². The topological polar surface area (TPSA) is 75.7 Å². The van der Waals surface area contributed by atoms with Crippen molar-refractivity contribution in [3.63, 3.8) is 0 Å². The van der Waals surface area contributed by atoms with E-state index in [-0.39, 0.29) is 7.24 Å². The number of fused-ring (bicyclic) bond motifs is 1. The highest BCUT2D eigenvalue weighted by molar-refractivity contribution is 5.91. The molecule has 2 N–H and O–H groups in total. The minimum Gasteiger partial charge on any atom is -0.381 e. The number of benzene rings is 1. The lowest BCUT2D eigenvalue weighted by atomic mass is 9.99. The fourth-order valence-corrected chi connectivity index (χ4v) is 3.00. The number of aromatic nitrogens is 4. The summed E-state index contributed by atoms with van der Waals surface area (Å²) in [7, 11) is 0. The van der Waals surface area contributed by atoms with Crippen LogP contribution in [0, 0.1) is 12.7 Å². The van der Waals surface area contributed by atoms with Crippen LogP contribution < -0.4 is 5.32 Å². The normalized spacial score (nSPS) is 15.8. The molecule has 7 heteroatoms. The molecule has 0 amide bonds. The Morgan fingerprint density at radius 1 is 1.25 bits per heavy atom. The summed E-state index contributed by atoms with van der Waals surface area (Å²) in [5.41, 5.74) is 1.66. The molecule has 0 spiro atoms. The van der Waals surface area contributed by atoms with Crippen molar-refractivity contribution >= 4 is 22.5 Å². The molecule has 4 rings (SSSR count). The SMILES string of the molecule is Cc1cc(Nc2n[nH]c3ccc(F)cc23)nc(C2CCOCC2)n1.[HH]. The van der Waals surface area contributed by atoms with Gasteiger partial charge in [-0.3, -0.25) is 5.10 Å². The van der Waals surface area contributed by atoms with Gasteiger partial charge in [-0.1, -0.05) is 0 Å². The Morgan fingerprint density at radius 2 is 2.08 bits per heavy atom. The van der Waals surface area contributed by atoms with E-state index in [2.05, 4.69) is 25.5 Å². The molecule has 0 atom stereocenters. The van der Waals surface area contributed by atoms with Crippen LogP contribution in [-0.2, 0) is 4.74 Å². The van der Waals surface area contributed by atoms with Crippen LogP contribution in [-0.4, -0.2) is 33.4 Å². The average Bonchev–Trinajstić information content (AvgIpc) is 2.97. The third kappa shape index (κ3) is 2.94. The lowest BCUT2D eigenvalue weighted by Gasteiger charge is -2.21.